The average molecular weight is 325 g/mol. The number of ether oxygens (including phenoxy) is 2. The van der Waals surface area contributed by atoms with Gasteiger partial charge in [0.2, 0.25) is 5.91 Å². The van der Waals surface area contributed by atoms with Gasteiger partial charge in [-0.2, -0.15) is 0 Å². The molecule has 3 fully saturated rings. The molecule has 3 rings (SSSR count). The third-order valence-electron chi connectivity index (χ3n) is 4.91. The lowest BCUT2D eigenvalue weighted by molar-refractivity contribution is -0.120. The second-order valence-electron chi connectivity index (χ2n) is 6.85. The maximum absolute atomic E-state index is 12.7. The van der Waals surface area contributed by atoms with E-state index < -0.39 is 5.60 Å². The van der Waals surface area contributed by atoms with Crippen molar-refractivity contribution in [3.63, 3.8) is 0 Å². The quantitative estimate of drug-likeness (QED) is 0.806. The van der Waals surface area contributed by atoms with E-state index in [2.05, 4.69) is 5.32 Å². The van der Waals surface area contributed by atoms with Crippen LogP contribution in [0.25, 0.3) is 0 Å². The SMILES string of the molecule is CC(=O)NC[C@@H]1CC[C@@]2(COCCN(C(=O)N3CCCC3)C2)O1. The standard InChI is InChI=1S/C16H27N3O4/c1-13(20)17-10-14-4-5-16(23-14)11-19(8-9-22-12-16)15(21)18-6-2-3-7-18/h14H,2-12H2,1H3,(H,17,20)/t14-,16+/m0/s1. The number of nitrogens with zero attached hydrogens (tertiary/aromatic N) is 2. The van der Waals surface area contributed by atoms with Gasteiger partial charge in [0, 0.05) is 33.1 Å². The Morgan fingerprint density at radius 2 is 2.00 bits per heavy atom. The number of urea groups is 1. The summed E-state index contributed by atoms with van der Waals surface area (Å²) in [5.41, 5.74) is -0.422. The minimum absolute atomic E-state index is 0.00402. The van der Waals surface area contributed by atoms with Crippen molar-refractivity contribution in [3.05, 3.63) is 0 Å². The van der Waals surface area contributed by atoms with E-state index in [1.807, 2.05) is 9.80 Å². The van der Waals surface area contributed by atoms with Gasteiger partial charge in [-0.15, -0.1) is 0 Å². The smallest absolute Gasteiger partial charge is 0.320 e. The Balaban J connectivity index is 1.60. The summed E-state index contributed by atoms with van der Waals surface area (Å²) in [6.07, 6.45) is 3.94. The summed E-state index contributed by atoms with van der Waals surface area (Å²) in [7, 11) is 0. The minimum Gasteiger partial charge on any atom is -0.377 e. The van der Waals surface area contributed by atoms with Crippen LogP contribution in [0.3, 0.4) is 0 Å². The summed E-state index contributed by atoms with van der Waals surface area (Å²) in [4.78, 5) is 27.6. The molecule has 3 aliphatic heterocycles. The first-order valence-corrected chi connectivity index (χ1v) is 8.62. The molecule has 0 saturated carbocycles. The molecule has 23 heavy (non-hydrogen) atoms. The Bertz CT molecular complexity index is 453. The van der Waals surface area contributed by atoms with Crippen molar-refractivity contribution in [2.24, 2.45) is 0 Å². The van der Waals surface area contributed by atoms with Crippen molar-refractivity contribution < 1.29 is 19.1 Å². The van der Waals surface area contributed by atoms with Gasteiger partial charge in [0.15, 0.2) is 0 Å². The highest BCUT2D eigenvalue weighted by molar-refractivity contribution is 5.75. The van der Waals surface area contributed by atoms with E-state index in [1.54, 1.807) is 0 Å². The van der Waals surface area contributed by atoms with E-state index in [4.69, 9.17) is 9.47 Å². The third-order valence-corrected chi connectivity index (χ3v) is 4.91. The summed E-state index contributed by atoms with van der Waals surface area (Å²) < 4.78 is 11.9. The molecule has 3 saturated heterocycles. The minimum atomic E-state index is -0.422. The first-order valence-electron chi connectivity index (χ1n) is 8.62. The molecule has 7 heteroatoms. The van der Waals surface area contributed by atoms with Crippen LogP contribution in [-0.4, -0.2) is 79.4 Å². The number of rotatable bonds is 2. The zero-order chi connectivity index (χ0) is 16.3. The lowest BCUT2D eigenvalue weighted by atomic mass is 10.00. The third kappa shape index (κ3) is 3.95. The van der Waals surface area contributed by atoms with E-state index in [1.165, 1.54) is 6.92 Å². The fourth-order valence-electron chi connectivity index (χ4n) is 3.70. The summed E-state index contributed by atoms with van der Waals surface area (Å²) in [6.45, 7) is 6.03. The number of amides is 3. The van der Waals surface area contributed by atoms with Gasteiger partial charge in [-0.3, -0.25) is 4.79 Å². The molecule has 0 aromatic carbocycles. The van der Waals surface area contributed by atoms with Crippen LogP contribution in [0, 0.1) is 0 Å². The van der Waals surface area contributed by atoms with Gasteiger partial charge in [0.1, 0.15) is 5.60 Å². The largest absolute Gasteiger partial charge is 0.377 e. The van der Waals surface area contributed by atoms with Gasteiger partial charge in [0.05, 0.1) is 25.9 Å². The Morgan fingerprint density at radius 1 is 1.22 bits per heavy atom. The number of carbonyl (C=O) groups excluding carboxylic acids is 2. The van der Waals surface area contributed by atoms with E-state index in [0.717, 1.165) is 38.8 Å². The molecule has 0 aromatic heterocycles. The second kappa shape index (κ2) is 7.05. The predicted molar refractivity (Wildman–Crippen MR) is 84.1 cm³/mol. The zero-order valence-electron chi connectivity index (χ0n) is 13.9. The lowest BCUT2D eigenvalue weighted by Gasteiger charge is -2.33. The number of hydrogen-bond donors (Lipinski definition) is 1. The molecule has 1 N–H and O–H groups in total. The normalized spacial score (nSPS) is 31.4. The fourth-order valence-corrected chi connectivity index (χ4v) is 3.70. The number of hydrogen-bond acceptors (Lipinski definition) is 4. The molecule has 3 amide bonds. The van der Waals surface area contributed by atoms with Crippen LogP contribution < -0.4 is 5.32 Å². The van der Waals surface area contributed by atoms with Crippen LogP contribution in [0.4, 0.5) is 4.79 Å². The molecular formula is C16H27N3O4. The molecule has 3 heterocycles. The first kappa shape index (κ1) is 16.5. The van der Waals surface area contributed by atoms with Crippen LogP contribution in [0.2, 0.25) is 0 Å². The maximum atomic E-state index is 12.7. The highest BCUT2D eigenvalue weighted by Gasteiger charge is 2.44. The van der Waals surface area contributed by atoms with Crippen molar-refractivity contribution in [2.45, 2.75) is 44.3 Å². The highest BCUT2D eigenvalue weighted by atomic mass is 16.6. The van der Waals surface area contributed by atoms with Crippen molar-refractivity contribution in [2.75, 3.05) is 45.9 Å². The van der Waals surface area contributed by atoms with E-state index in [0.29, 0.717) is 32.8 Å². The molecule has 3 aliphatic rings. The Hall–Kier alpha value is -1.34. The molecule has 1 spiro atoms. The molecule has 0 aromatic rings. The topological polar surface area (TPSA) is 71.1 Å². The lowest BCUT2D eigenvalue weighted by Crippen LogP contribution is -2.50. The van der Waals surface area contributed by atoms with Crippen LogP contribution in [-0.2, 0) is 14.3 Å². The number of nitrogens with one attached hydrogen (secondary N) is 1. The molecular weight excluding hydrogens is 298 g/mol. The maximum Gasteiger partial charge on any atom is 0.320 e. The zero-order valence-corrected chi connectivity index (χ0v) is 13.9. The number of carbonyl (C=O) groups is 2. The molecule has 7 nitrogen and oxygen atoms in total. The van der Waals surface area contributed by atoms with E-state index >= 15 is 0 Å². The Morgan fingerprint density at radius 3 is 2.74 bits per heavy atom. The van der Waals surface area contributed by atoms with Crippen molar-refractivity contribution in [3.8, 4) is 0 Å². The van der Waals surface area contributed by atoms with Gasteiger partial charge >= 0.3 is 6.03 Å². The molecule has 0 bridgehead atoms. The van der Waals surface area contributed by atoms with E-state index in [9.17, 15) is 9.59 Å². The van der Waals surface area contributed by atoms with Gasteiger partial charge in [-0.25, -0.2) is 4.79 Å². The summed E-state index contributed by atoms with van der Waals surface area (Å²) in [5.74, 6) is -0.0440. The van der Waals surface area contributed by atoms with Crippen LogP contribution >= 0.6 is 0 Å². The van der Waals surface area contributed by atoms with Gasteiger partial charge in [0.25, 0.3) is 0 Å². The van der Waals surface area contributed by atoms with E-state index in [-0.39, 0.29) is 18.0 Å². The molecule has 0 radical (unpaired) electrons. The van der Waals surface area contributed by atoms with Crippen molar-refractivity contribution in [1.29, 1.82) is 0 Å². The summed E-state index contributed by atoms with van der Waals surface area (Å²) in [5, 5.41) is 2.81. The van der Waals surface area contributed by atoms with Gasteiger partial charge in [-0.05, 0) is 25.7 Å². The summed E-state index contributed by atoms with van der Waals surface area (Å²) >= 11 is 0. The number of likely N-dealkylation sites (tertiary alicyclic amines) is 1. The average Bonchev–Trinajstić information content (AvgIpc) is 3.13. The van der Waals surface area contributed by atoms with Crippen LogP contribution in [0.5, 0.6) is 0 Å². The van der Waals surface area contributed by atoms with Gasteiger partial charge in [-0.1, -0.05) is 0 Å². The van der Waals surface area contributed by atoms with Crippen LogP contribution in [0.1, 0.15) is 32.6 Å². The fraction of sp³-hybridized carbons (Fsp3) is 0.875. The van der Waals surface area contributed by atoms with Crippen molar-refractivity contribution in [1.82, 2.24) is 15.1 Å². The second-order valence-corrected chi connectivity index (χ2v) is 6.85. The Kier molecular flexibility index (Phi) is 5.06. The Labute approximate surface area is 137 Å². The van der Waals surface area contributed by atoms with Crippen molar-refractivity contribution >= 4 is 11.9 Å². The molecule has 130 valence electrons. The summed E-state index contributed by atoms with van der Waals surface area (Å²) in [6, 6.07) is 0.112. The molecule has 2 atom stereocenters. The molecule has 0 unspecified atom stereocenters. The predicted octanol–water partition coefficient (Wildman–Crippen LogP) is 0.588. The molecule has 0 aliphatic carbocycles. The van der Waals surface area contributed by atoms with Crippen LogP contribution in [0.15, 0.2) is 0 Å². The highest BCUT2D eigenvalue weighted by Crippen LogP contribution is 2.33. The van der Waals surface area contributed by atoms with Gasteiger partial charge < -0.3 is 24.6 Å². The monoisotopic (exact) mass is 325 g/mol. The first-order chi connectivity index (χ1) is 11.1.